The SMILES string of the molecule is COc1ccc(C(=O)CNc2ccccc2C(F)(F)F)cc1OC. The Morgan fingerprint density at radius 2 is 1.71 bits per heavy atom. The van der Waals surface area contributed by atoms with Gasteiger partial charge in [-0.3, -0.25) is 4.79 Å². The molecule has 0 radical (unpaired) electrons. The second kappa shape index (κ2) is 7.25. The molecule has 0 bridgehead atoms. The lowest BCUT2D eigenvalue weighted by atomic mass is 10.1. The summed E-state index contributed by atoms with van der Waals surface area (Å²) in [5.74, 6) is 0.469. The highest BCUT2D eigenvalue weighted by Gasteiger charge is 2.33. The first-order valence-electron chi connectivity index (χ1n) is 7.02. The van der Waals surface area contributed by atoms with E-state index in [1.165, 1.54) is 44.6 Å². The molecule has 2 aromatic rings. The van der Waals surface area contributed by atoms with Crippen LogP contribution in [0, 0.1) is 0 Å². The van der Waals surface area contributed by atoms with Crippen LogP contribution in [0.1, 0.15) is 15.9 Å². The average molecular weight is 339 g/mol. The molecule has 24 heavy (non-hydrogen) atoms. The maximum absolute atomic E-state index is 12.9. The van der Waals surface area contributed by atoms with Crippen LogP contribution in [0.5, 0.6) is 11.5 Å². The maximum atomic E-state index is 12.9. The van der Waals surface area contributed by atoms with Crippen molar-refractivity contribution in [3.05, 3.63) is 53.6 Å². The molecular weight excluding hydrogens is 323 g/mol. The van der Waals surface area contributed by atoms with E-state index >= 15 is 0 Å². The summed E-state index contributed by atoms with van der Waals surface area (Å²) in [4.78, 5) is 12.2. The van der Waals surface area contributed by atoms with Crippen molar-refractivity contribution in [2.45, 2.75) is 6.18 Å². The van der Waals surface area contributed by atoms with E-state index in [0.29, 0.717) is 17.1 Å². The smallest absolute Gasteiger partial charge is 0.418 e. The predicted octanol–water partition coefficient (Wildman–Crippen LogP) is 4.02. The highest BCUT2D eigenvalue weighted by atomic mass is 19.4. The van der Waals surface area contributed by atoms with Gasteiger partial charge in [0, 0.05) is 11.3 Å². The molecule has 0 aromatic heterocycles. The van der Waals surface area contributed by atoms with Crippen molar-refractivity contribution in [3.63, 3.8) is 0 Å². The monoisotopic (exact) mass is 339 g/mol. The van der Waals surface area contributed by atoms with Crippen molar-refractivity contribution in [2.24, 2.45) is 0 Å². The molecule has 1 N–H and O–H groups in total. The van der Waals surface area contributed by atoms with Crippen LogP contribution >= 0.6 is 0 Å². The number of para-hydroxylation sites is 1. The zero-order valence-corrected chi connectivity index (χ0v) is 13.1. The standard InChI is InChI=1S/C17H16F3NO3/c1-23-15-8-7-11(9-16(15)24-2)14(22)10-21-13-6-4-3-5-12(13)17(18,19)20/h3-9,21H,10H2,1-2H3. The summed E-state index contributed by atoms with van der Waals surface area (Å²) in [5.41, 5.74) is -0.645. The van der Waals surface area contributed by atoms with Gasteiger partial charge in [-0.25, -0.2) is 0 Å². The van der Waals surface area contributed by atoms with Crippen LogP contribution in [0.2, 0.25) is 0 Å². The van der Waals surface area contributed by atoms with Crippen LogP contribution in [0.25, 0.3) is 0 Å². The van der Waals surface area contributed by atoms with E-state index in [-0.39, 0.29) is 18.0 Å². The fourth-order valence-electron chi connectivity index (χ4n) is 2.17. The highest BCUT2D eigenvalue weighted by Crippen LogP contribution is 2.34. The Bertz CT molecular complexity index is 729. The molecule has 0 aliphatic heterocycles. The number of halogens is 3. The Kier molecular flexibility index (Phi) is 5.33. The Morgan fingerprint density at radius 1 is 1.04 bits per heavy atom. The minimum atomic E-state index is -4.49. The maximum Gasteiger partial charge on any atom is 0.418 e. The van der Waals surface area contributed by atoms with E-state index in [2.05, 4.69) is 5.32 Å². The minimum absolute atomic E-state index is 0.140. The highest BCUT2D eigenvalue weighted by molar-refractivity contribution is 5.99. The van der Waals surface area contributed by atoms with Crippen molar-refractivity contribution in [2.75, 3.05) is 26.1 Å². The molecule has 0 saturated carbocycles. The van der Waals surface area contributed by atoms with Gasteiger partial charge in [0.15, 0.2) is 17.3 Å². The first-order valence-corrected chi connectivity index (χ1v) is 7.02. The normalized spacial score (nSPS) is 11.0. The third-order valence-electron chi connectivity index (χ3n) is 3.38. The van der Waals surface area contributed by atoms with Gasteiger partial charge in [-0.05, 0) is 30.3 Å². The number of benzene rings is 2. The summed E-state index contributed by atoms with van der Waals surface area (Å²) >= 11 is 0. The fourth-order valence-corrected chi connectivity index (χ4v) is 2.17. The second-order valence-electron chi connectivity index (χ2n) is 4.89. The molecule has 4 nitrogen and oxygen atoms in total. The van der Waals surface area contributed by atoms with E-state index in [9.17, 15) is 18.0 Å². The third kappa shape index (κ3) is 3.98. The molecule has 2 rings (SSSR count). The second-order valence-corrected chi connectivity index (χ2v) is 4.89. The Balaban J connectivity index is 2.15. The van der Waals surface area contributed by atoms with Crippen LogP contribution in [0.4, 0.5) is 18.9 Å². The van der Waals surface area contributed by atoms with Crippen molar-refractivity contribution in [1.29, 1.82) is 0 Å². The molecule has 0 atom stereocenters. The first-order chi connectivity index (χ1) is 11.4. The van der Waals surface area contributed by atoms with E-state index in [4.69, 9.17) is 9.47 Å². The van der Waals surface area contributed by atoms with Gasteiger partial charge in [0.1, 0.15) is 0 Å². The number of methoxy groups -OCH3 is 2. The Hall–Kier alpha value is -2.70. The van der Waals surface area contributed by atoms with Crippen LogP contribution in [0.15, 0.2) is 42.5 Å². The molecule has 128 valence electrons. The summed E-state index contributed by atoms with van der Waals surface area (Å²) in [6, 6.07) is 9.59. The molecule has 0 aliphatic carbocycles. The quantitative estimate of drug-likeness (QED) is 0.808. The number of alkyl halides is 3. The van der Waals surface area contributed by atoms with E-state index in [1.54, 1.807) is 6.07 Å². The fraction of sp³-hybridized carbons (Fsp3) is 0.235. The zero-order chi connectivity index (χ0) is 17.7. The molecule has 0 aliphatic rings. The number of ketones is 1. The van der Waals surface area contributed by atoms with E-state index in [0.717, 1.165) is 6.07 Å². The van der Waals surface area contributed by atoms with Crippen molar-refractivity contribution < 1.29 is 27.4 Å². The molecule has 7 heteroatoms. The molecular formula is C17H16F3NO3. The van der Waals surface area contributed by atoms with Crippen molar-refractivity contribution in [1.82, 2.24) is 0 Å². The van der Waals surface area contributed by atoms with E-state index < -0.39 is 11.7 Å². The lowest BCUT2D eigenvalue weighted by molar-refractivity contribution is -0.136. The average Bonchev–Trinajstić information content (AvgIpc) is 2.58. The number of anilines is 1. The number of Topliss-reactive ketones (excluding diaryl/α,β-unsaturated/α-hetero) is 1. The summed E-state index contributed by atoms with van der Waals surface area (Å²) in [5, 5.41) is 2.54. The Morgan fingerprint density at radius 3 is 2.33 bits per heavy atom. The summed E-state index contributed by atoms with van der Waals surface area (Å²) < 4.78 is 49.0. The molecule has 2 aromatic carbocycles. The number of hydrogen-bond donors (Lipinski definition) is 1. The topological polar surface area (TPSA) is 47.6 Å². The molecule has 0 saturated heterocycles. The number of rotatable bonds is 6. The first kappa shape index (κ1) is 17.7. The zero-order valence-electron chi connectivity index (χ0n) is 13.1. The minimum Gasteiger partial charge on any atom is -0.493 e. The number of hydrogen-bond acceptors (Lipinski definition) is 4. The van der Waals surface area contributed by atoms with E-state index in [1.807, 2.05) is 0 Å². The number of carbonyl (C=O) groups excluding carboxylic acids is 1. The van der Waals surface area contributed by atoms with Gasteiger partial charge in [0.05, 0.1) is 26.3 Å². The summed E-state index contributed by atoms with van der Waals surface area (Å²) in [7, 11) is 2.90. The van der Waals surface area contributed by atoms with Crippen molar-refractivity contribution >= 4 is 11.5 Å². The molecule has 0 spiro atoms. The Labute approximate surface area is 137 Å². The summed E-state index contributed by atoms with van der Waals surface area (Å²) in [6.07, 6.45) is -4.49. The number of ether oxygens (including phenoxy) is 2. The predicted molar refractivity (Wildman–Crippen MR) is 83.8 cm³/mol. The lowest BCUT2D eigenvalue weighted by Crippen LogP contribution is -2.17. The van der Waals surface area contributed by atoms with Crippen LogP contribution < -0.4 is 14.8 Å². The van der Waals surface area contributed by atoms with Crippen LogP contribution in [-0.4, -0.2) is 26.5 Å². The van der Waals surface area contributed by atoms with Crippen LogP contribution in [-0.2, 0) is 6.18 Å². The van der Waals surface area contributed by atoms with Gasteiger partial charge in [-0.1, -0.05) is 12.1 Å². The van der Waals surface area contributed by atoms with Crippen LogP contribution in [0.3, 0.4) is 0 Å². The van der Waals surface area contributed by atoms with Gasteiger partial charge < -0.3 is 14.8 Å². The largest absolute Gasteiger partial charge is 0.493 e. The number of nitrogens with one attached hydrogen (secondary N) is 1. The summed E-state index contributed by atoms with van der Waals surface area (Å²) in [6.45, 7) is -0.275. The molecule has 0 heterocycles. The van der Waals surface area contributed by atoms with Crippen molar-refractivity contribution in [3.8, 4) is 11.5 Å². The molecule has 0 fully saturated rings. The van der Waals surface area contributed by atoms with Gasteiger partial charge in [-0.2, -0.15) is 13.2 Å². The van der Waals surface area contributed by atoms with Gasteiger partial charge in [0.25, 0.3) is 0 Å². The van der Waals surface area contributed by atoms with Gasteiger partial charge >= 0.3 is 6.18 Å². The third-order valence-corrected chi connectivity index (χ3v) is 3.38. The number of carbonyl (C=O) groups is 1. The molecule has 0 amide bonds. The molecule has 0 unspecified atom stereocenters. The van der Waals surface area contributed by atoms with Gasteiger partial charge in [0.2, 0.25) is 0 Å². The lowest BCUT2D eigenvalue weighted by Gasteiger charge is -2.14. The van der Waals surface area contributed by atoms with Gasteiger partial charge in [-0.15, -0.1) is 0 Å².